The summed E-state index contributed by atoms with van der Waals surface area (Å²) in [6, 6.07) is 6.92. The number of nitriles is 1. The molecule has 0 bridgehead atoms. The first-order valence-electron chi connectivity index (χ1n) is 5.59. The fraction of sp³-hybridized carbons (Fsp3) is 0.385. The van der Waals surface area contributed by atoms with Crippen molar-refractivity contribution in [2.75, 3.05) is 19.9 Å². The summed E-state index contributed by atoms with van der Waals surface area (Å²) in [7, 11) is 3.13. The molecule has 5 heteroatoms. The van der Waals surface area contributed by atoms with Crippen molar-refractivity contribution in [2.24, 2.45) is 0 Å². The molecule has 0 fully saturated rings. The van der Waals surface area contributed by atoms with Crippen LogP contribution < -0.4 is 10.5 Å². The summed E-state index contributed by atoms with van der Waals surface area (Å²) in [4.78, 5) is 13.8. The van der Waals surface area contributed by atoms with E-state index >= 15 is 0 Å². The minimum atomic E-state index is -0.207. The predicted molar refractivity (Wildman–Crippen MR) is 69.2 cm³/mol. The van der Waals surface area contributed by atoms with Crippen LogP contribution in [0.1, 0.15) is 23.7 Å². The predicted octanol–water partition coefficient (Wildman–Crippen LogP) is 1.65. The number of nitrogens with two attached hydrogens (primary N) is 1. The van der Waals surface area contributed by atoms with Gasteiger partial charge in [-0.3, -0.25) is 4.79 Å². The van der Waals surface area contributed by atoms with E-state index in [2.05, 4.69) is 0 Å². The van der Waals surface area contributed by atoms with Gasteiger partial charge in [0.2, 0.25) is 0 Å². The van der Waals surface area contributed by atoms with Crippen molar-refractivity contribution >= 4 is 11.6 Å². The van der Waals surface area contributed by atoms with Crippen LogP contribution >= 0.6 is 0 Å². The van der Waals surface area contributed by atoms with Crippen LogP contribution in [0.15, 0.2) is 18.2 Å². The summed E-state index contributed by atoms with van der Waals surface area (Å²) in [6.45, 7) is 1.82. The summed E-state index contributed by atoms with van der Waals surface area (Å²) < 4.78 is 5.15. The van der Waals surface area contributed by atoms with Crippen molar-refractivity contribution < 1.29 is 9.53 Å². The lowest BCUT2D eigenvalue weighted by molar-refractivity contribution is 0.0743. The second-order valence-electron chi connectivity index (χ2n) is 4.06. The number of rotatable bonds is 4. The average Bonchev–Trinajstić information content (AvgIpc) is 2.37. The Bertz CT molecular complexity index is 480. The Morgan fingerprint density at radius 3 is 2.83 bits per heavy atom. The lowest BCUT2D eigenvalue weighted by atomic mass is 10.1. The Morgan fingerprint density at radius 2 is 2.28 bits per heavy atom. The number of hydrogen-bond donors (Lipinski definition) is 1. The van der Waals surface area contributed by atoms with Gasteiger partial charge in [-0.1, -0.05) is 6.07 Å². The molecule has 1 unspecified atom stereocenters. The Morgan fingerprint density at radius 1 is 1.61 bits per heavy atom. The van der Waals surface area contributed by atoms with Gasteiger partial charge in [-0.2, -0.15) is 5.26 Å². The summed E-state index contributed by atoms with van der Waals surface area (Å²) in [5.74, 6) is 0.167. The fourth-order valence-electron chi connectivity index (χ4n) is 1.61. The van der Waals surface area contributed by atoms with Gasteiger partial charge < -0.3 is 15.4 Å². The van der Waals surface area contributed by atoms with E-state index in [1.54, 1.807) is 25.2 Å². The lowest BCUT2D eigenvalue weighted by Gasteiger charge is -2.24. The number of ether oxygens (including phenoxy) is 1. The van der Waals surface area contributed by atoms with E-state index < -0.39 is 0 Å². The van der Waals surface area contributed by atoms with Crippen LogP contribution in [0.3, 0.4) is 0 Å². The maximum Gasteiger partial charge on any atom is 0.257 e. The first-order valence-corrected chi connectivity index (χ1v) is 5.59. The lowest BCUT2D eigenvalue weighted by Crippen LogP contribution is -2.35. The van der Waals surface area contributed by atoms with Gasteiger partial charge in [-0.25, -0.2) is 0 Å². The average molecular weight is 247 g/mol. The minimum Gasteiger partial charge on any atom is -0.494 e. The first-order chi connectivity index (χ1) is 8.52. The Kier molecular flexibility index (Phi) is 4.55. The normalized spacial score (nSPS) is 11.4. The highest BCUT2D eigenvalue weighted by molar-refractivity contribution is 5.98. The van der Waals surface area contributed by atoms with Crippen molar-refractivity contribution in [3.63, 3.8) is 0 Å². The van der Waals surface area contributed by atoms with Crippen LogP contribution in [0, 0.1) is 11.3 Å². The summed E-state index contributed by atoms with van der Waals surface area (Å²) in [5, 5.41) is 8.65. The third kappa shape index (κ3) is 2.72. The molecule has 0 aliphatic heterocycles. The number of nitrogen functional groups attached to an aromatic ring is 1. The second-order valence-corrected chi connectivity index (χ2v) is 4.06. The highest BCUT2D eigenvalue weighted by Crippen LogP contribution is 2.27. The maximum absolute atomic E-state index is 12.3. The van der Waals surface area contributed by atoms with Crippen molar-refractivity contribution in [2.45, 2.75) is 19.4 Å². The topological polar surface area (TPSA) is 79.3 Å². The standard InChI is InChI=1S/C13H17N3O2/c1-9(7-8-14)16(2)13(17)10-5-4-6-11(15)12(10)18-3/h4-6,9H,7,15H2,1-3H3. The van der Waals surface area contributed by atoms with Gasteiger partial charge in [-0.15, -0.1) is 0 Å². The summed E-state index contributed by atoms with van der Waals surface area (Å²) >= 11 is 0. The number of hydrogen-bond acceptors (Lipinski definition) is 4. The molecular weight excluding hydrogens is 230 g/mol. The van der Waals surface area contributed by atoms with Gasteiger partial charge in [0.1, 0.15) is 0 Å². The number of amides is 1. The SMILES string of the molecule is COc1c(N)cccc1C(=O)N(C)C(C)CC#N. The van der Waals surface area contributed by atoms with Crippen LogP contribution in [-0.2, 0) is 0 Å². The van der Waals surface area contributed by atoms with Gasteiger partial charge in [0.25, 0.3) is 5.91 Å². The molecule has 0 heterocycles. The van der Waals surface area contributed by atoms with Crippen LogP contribution in [0.2, 0.25) is 0 Å². The molecule has 0 radical (unpaired) electrons. The number of carbonyl (C=O) groups excluding carboxylic acids is 1. The van der Waals surface area contributed by atoms with Gasteiger partial charge in [0, 0.05) is 13.1 Å². The number of carbonyl (C=O) groups is 1. The van der Waals surface area contributed by atoms with E-state index in [4.69, 9.17) is 15.7 Å². The molecule has 2 N–H and O–H groups in total. The maximum atomic E-state index is 12.3. The number of benzene rings is 1. The Hall–Kier alpha value is -2.22. The van der Waals surface area contributed by atoms with Crippen LogP contribution in [0.25, 0.3) is 0 Å². The van der Waals surface area contributed by atoms with Gasteiger partial charge in [-0.05, 0) is 19.1 Å². The zero-order valence-corrected chi connectivity index (χ0v) is 10.8. The van der Waals surface area contributed by atoms with Crippen molar-refractivity contribution in [3.05, 3.63) is 23.8 Å². The number of methoxy groups -OCH3 is 1. The highest BCUT2D eigenvalue weighted by atomic mass is 16.5. The van der Waals surface area contributed by atoms with Gasteiger partial charge >= 0.3 is 0 Å². The smallest absolute Gasteiger partial charge is 0.257 e. The fourth-order valence-corrected chi connectivity index (χ4v) is 1.61. The molecule has 1 atom stereocenters. The van der Waals surface area contributed by atoms with E-state index in [1.165, 1.54) is 12.0 Å². The van der Waals surface area contributed by atoms with Crippen LogP contribution in [-0.4, -0.2) is 31.0 Å². The third-order valence-corrected chi connectivity index (χ3v) is 2.85. The molecule has 5 nitrogen and oxygen atoms in total. The van der Waals surface area contributed by atoms with E-state index in [0.717, 1.165) is 0 Å². The molecule has 0 spiro atoms. The minimum absolute atomic E-state index is 0.159. The molecule has 1 aromatic carbocycles. The number of anilines is 1. The molecule has 0 saturated carbocycles. The largest absolute Gasteiger partial charge is 0.494 e. The molecule has 1 aromatic rings. The first kappa shape index (κ1) is 13.8. The van der Waals surface area contributed by atoms with E-state index in [-0.39, 0.29) is 18.4 Å². The molecule has 0 aliphatic carbocycles. The quantitative estimate of drug-likeness (QED) is 0.820. The molecule has 0 saturated heterocycles. The van der Waals surface area contributed by atoms with Crippen molar-refractivity contribution in [1.29, 1.82) is 5.26 Å². The summed E-state index contributed by atoms with van der Waals surface area (Å²) in [6.07, 6.45) is 0.285. The van der Waals surface area contributed by atoms with E-state index in [0.29, 0.717) is 17.0 Å². The van der Waals surface area contributed by atoms with Gasteiger partial charge in [0.05, 0.1) is 30.9 Å². The molecular formula is C13H17N3O2. The monoisotopic (exact) mass is 247 g/mol. The molecule has 0 aromatic heterocycles. The van der Waals surface area contributed by atoms with Crippen molar-refractivity contribution in [3.8, 4) is 11.8 Å². The zero-order valence-electron chi connectivity index (χ0n) is 10.8. The van der Waals surface area contributed by atoms with Crippen LogP contribution in [0.4, 0.5) is 5.69 Å². The Labute approximate surface area is 107 Å². The van der Waals surface area contributed by atoms with Gasteiger partial charge in [0.15, 0.2) is 5.75 Å². The second kappa shape index (κ2) is 5.92. The highest BCUT2D eigenvalue weighted by Gasteiger charge is 2.21. The summed E-state index contributed by atoms with van der Waals surface area (Å²) in [5.41, 5.74) is 6.58. The molecule has 1 rings (SSSR count). The molecule has 96 valence electrons. The molecule has 1 amide bonds. The van der Waals surface area contributed by atoms with E-state index in [1.807, 2.05) is 13.0 Å². The van der Waals surface area contributed by atoms with E-state index in [9.17, 15) is 4.79 Å². The Balaban J connectivity index is 3.04. The number of para-hydroxylation sites is 1. The third-order valence-electron chi connectivity index (χ3n) is 2.85. The zero-order chi connectivity index (χ0) is 13.7. The molecule has 18 heavy (non-hydrogen) atoms. The number of nitrogens with zero attached hydrogens (tertiary/aromatic N) is 2. The molecule has 0 aliphatic rings. The van der Waals surface area contributed by atoms with Crippen molar-refractivity contribution in [1.82, 2.24) is 4.90 Å². The van der Waals surface area contributed by atoms with Crippen LogP contribution in [0.5, 0.6) is 5.75 Å².